The Morgan fingerprint density at radius 3 is 2.41 bits per heavy atom. The first-order valence-electron chi connectivity index (χ1n) is 11.4. The van der Waals surface area contributed by atoms with Gasteiger partial charge in [0.05, 0.1) is 23.1 Å². The second-order valence-corrected chi connectivity index (χ2v) is 11.5. The van der Waals surface area contributed by atoms with Crippen molar-refractivity contribution in [2.45, 2.75) is 56.1 Å². The van der Waals surface area contributed by atoms with E-state index in [1.54, 1.807) is 6.92 Å². The Balaban J connectivity index is 1.77. The van der Waals surface area contributed by atoms with Crippen molar-refractivity contribution in [2.24, 2.45) is 5.92 Å². The number of aromatic nitrogens is 7. The summed E-state index contributed by atoms with van der Waals surface area (Å²) < 4.78 is 66.7. The summed E-state index contributed by atoms with van der Waals surface area (Å²) in [7, 11) is -1.22. The zero-order chi connectivity index (χ0) is 26.9. The normalized spacial score (nSPS) is 19.5. The highest BCUT2D eigenvalue weighted by molar-refractivity contribution is 7.91. The molecule has 0 unspecified atom stereocenters. The van der Waals surface area contributed by atoms with E-state index in [2.05, 4.69) is 30.1 Å². The third-order valence-electron chi connectivity index (χ3n) is 6.60. The van der Waals surface area contributed by atoms with E-state index in [9.17, 15) is 17.2 Å². The van der Waals surface area contributed by atoms with Crippen molar-refractivity contribution in [1.82, 2.24) is 34.7 Å². The summed E-state index contributed by atoms with van der Waals surface area (Å²) in [5.74, 6) is -1.58. The van der Waals surface area contributed by atoms with Crippen LogP contribution in [0.4, 0.5) is 8.78 Å². The second kappa shape index (κ2) is 10.9. The second-order valence-electron chi connectivity index (χ2n) is 8.74. The third kappa shape index (κ3) is 5.27. The lowest BCUT2D eigenvalue weighted by molar-refractivity contribution is 0.0138. The van der Waals surface area contributed by atoms with Gasteiger partial charge >= 0.3 is 0 Å². The molecular weight excluding hydrogens is 532 g/mol. The molecule has 0 radical (unpaired) electrons. The maximum absolute atomic E-state index is 13.6. The molecule has 0 amide bonds. The topological polar surface area (TPSA) is 135 Å². The third-order valence-corrected chi connectivity index (χ3v) is 8.83. The minimum absolute atomic E-state index is 0.0184. The quantitative estimate of drug-likeness (QED) is 0.365. The number of aryl methyl sites for hydroxylation is 1. The smallest absolute Gasteiger partial charge is 0.242 e. The van der Waals surface area contributed by atoms with Gasteiger partial charge in [0.1, 0.15) is 29.7 Å². The molecule has 0 aromatic carbocycles. The van der Waals surface area contributed by atoms with Gasteiger partial charge in [0.15, 0.2) is 21.5 Å². The van der Waals surface area contributed by atoms with Gasteiger partial charge in [-0.15, -0.1) is 10.2 Å². The van der Waals surface area contributed by atoms with Crippen molar-refractivity contribution in [3.63, 3.8) is 0 Å². The van der Waals surface area contributed by atoms with Crippen LogP contribution in [0.2, 0.25) is 5.02 Å². The van der Waals surface area contributed by atoms with Gasteiger partial charge in [-0.1, -0.05) is 11.6 Å². The molecule has 0 saturated heterocycles. The lowest BCUT2D eigenvalue weighted by Gasteiger charge is -2.35. The van der Waals surface area contributed by atoms with Crippen molar-refractivity contribution in [1.29, 1.82) is 0 Å². The van der Waals surface area contributed by atoms with Crippen molar-refractivity contribution >= 4 is 21.4 Å². The number of hydrogen-bond donors (Lipinski definition) is 0. The van der Waals surface area contributed by atoms with Gasteiger partial charge in [-0.2, -0.15) is 4.98 Å². The van der Waals surface area contributed by atoms with Gasteiger partial charge in [0.2, 0.25) is 12.3 Å². The Morgan fingerprint density at radius 1 is 1.14 bits per heavy atom. The van der Waals surface area contributed by atoms with E-state index in [4.69, 9.17) is 21.1 Å². The number of alkyl halides is 2. The molecule has 0 N–H and O–H groups in total. The minimum Gasteiger partial charge on any atom is -0.479 e. The van der Waals surface area contributed by atoms with Gasteiger partial charge in [-0.3, -0.25) is 4.57 Å². The molecular formula is C22H26ClF2N7O4S. The maximum atomic E-state index is 13.6. The first-order valence-corrected chi connectivity index (χ1v) is 13.5. The van der Waals surface area contributed by atoms with Crippen LogP contribution in [0.1, 0.15) is 55.0 Å². The summed E-state index contributed by atoms with van der Waals surface area (Å²) >= 11 is 5.85. The predicted molar refractivity (Wildman–Crippen MR) is 129 cm³/mol. The molecule has 0 aliphatic heterocycles. The van der Waals surface area contributed by atoms with Crippen molar-refractivity contribution in [3.05, 3.63) is 46.9 Å². The first kappa shape index (κ1) is 27.2. The van der Waals surface area contributed by atoms with Crippen LogP contribution in [0.15, 0.2) is 18.7 Å². The molecule has 1 fully saturated rings. The zero-order valence-corrected chi connectivity index (χ0v) is 22.1. The molecule has 3 aromatic heterocycles. The largest absolute Gasteiger partial charge is 0.479 e. The van der Waals surface area contributed by atoms with E-state index >= 15 is 0 Å². The average molecular weight is 558 g/mol. The fourth-order valence-electron chi connectivity index (χ4n) is 4.38. The summed E-state index contributed by atoms with van der Waals surface area (Å²) in [6, 6.07) is 0. The van der Waals surface area contributed by atoms with E-state index < -0.39 is 45.2 Å². The minimum atomic E-state index is -3.97. The summed E-state index contributed by atoms with van der Waals surface area (Å²) in [6.45, 7) is 3.15. The van der Waals surface area contributed by atoms with E-state index in [1.807, 2.05) is 0 Å². The Bertz CT molecular complexity index is 1360. The van der Waals surface area contributed by atoms with Crippen LogP contribution in [-0.4, -0.2) is 69.0 Å². The number of halogens is 3. The molecule has 1 saturated carbocycles. The van der Waals surface area contributed by atoms with Crippen LogP contribution in [0, 0.1) is 12.8 Å². The number of nitrogens with zero attached hydrogens (tertiary/aromatic N) is 7. The van der Waals surface area contributed by atoms with Gasteiger partial charge in [-0.05, 0) is 26.7 Å². The molecule has 3 aromatic rings. The molecule has 200 valence electrons. The zero-order valence-electron chi connectivity index (χ0n) is 20.5. The molecule has 0 spiro atoms. The highest BCUT2D eigenvalue weighted by Gasteiger charge is 2.43. The number of sulfone groups is 1. The first-order chi connectivity index (χ1) is 17.6. The standard InChI is InChI=1S/C22H26ClF2N7O4S/c1-11-17(22(36-4)29-10-28-11)32-16(30-31-21(32)15-6-5-14(15)19(24)25)9-37(33,34)12(2)18(35-3)20-26-7-13(23)8-27-20/h7-8,10,12,14-15,18-19H,5-6,9H2,1-4H3/t12-,14-,15-,18-/m0/s1. The number of methoxy groups -OCH3 is 2. The van der Waals surface area contributed by atoms with Crippen LogP contribution >= 0.6 is 11.6 Å². The molecule has 3 heterocycles. The fourth-order valence-corrected chi connectivity index (χ4v) is 5.90. The number of hydrogen-bond acceptors (Lipinski definition) is 10. The predicted octanol–water partition coefficient (Wildman–Crippen LogP) is 3.27. The van der Waals surface area contributed by atoms with Crippen molar-refractivity contribution in [3.8, 4) is 11.6 Å². The Kier molecular flexibility index (Phi) is 7.99. The Morgan fingerprint density at radius 2 is 1.84 bits per heavy atom. The summed E-state index contributed by atoms with van der Waals surface area (Å²) in [5, 5.41) is 7.50. The van der Waals surface area contributed by atoms with Crippen LogP contribution in [0.3, 0.4) is 0 Å². The molecule has 37 heavy (non-hydrogen) atoms. The van der Waals surface area contributed by atoms with E-state index in [-0.39, 0.29) is 23.4 Å². The molecule has 15 heteroatoms. The molecule has 1 aliphatic carbocycles. The maximum Gasteiger partial charge on any atom is 0.242 e. The van der Waals surface area contributed by atoms with Crippen LogP contribution in [0.5, 0.6) is 5.88 Å². The monoisotopic (exact) mass is 557 g/mol. The van der Waals surface area contributed by atoms with Crippen LogP contribution < -0.4 is 4.74 Å². The summed E-state index contributed by atoms with van der Waals surface area (Å²) in [4.78, 5) is 16.5. The van der Waals surface area contributed by atoms with E-state index in [1.165, 1.54) is 44.4 Å². The van der Waals surface area contributed by atoms with Gasteiger partial charge in [0.25, 0.3) is 0 Å². The molecule has 4 rings (SSSR count). The van der Waals surface area contributed by atoms with Gasteiger partial charge < -0.3 is 9.47 Å². The average Bonchev–Trinajstić information content (AvgIpc) is 3.20. The fraction of sp³-hybridized carbons (Fsp3) is 0.545. The number of rotatable bonds is 10. The Hall–Kier alpha value is -2.84. The van der Waals surface area contributed by atoms with E-state index in [0.717, 1.165) is 0 Å². The molecule has 4 atom stereocenters. The van der Waals surface area contributed by atoms with Crippen molar-refractivity contribution in [2.75, 3.05) is 14.2 Å². The summed E-state index contributed by atoms with van der Waals surface area (Å²) in [5.41, 5.74) is 0.740. The van der Waals surface area contributed by atoms with E-state index in [0.29, 0.717) is 29.2 Å². The SMILES string of the molecule is COc1ncnc(C)c1-n1c(CS(=O)(=O)[C@@H](C)[C@H](OC)c2ncc(Cl)cn2)nnc1[C@H]1CC[C@@H]1C(F)F. The lowest BCUT2D eigenvalue weighted by Crippen LogP contribution is -2.33. The summed E-state index contributed by atoms with van der Waals surface area (Å²) in [6.07, 6.45) is 1.24. The van der Waals surface area contributed by atoms with Gasteiger partial charge in [-0.25, -0.2) is 32.2 Å². The van der Waals surface area contributed by atoms with Crippen molar-refractivity contribution < 1.29 is 26.7 Å². The van der Waals surface area contributed by atoms with Crippen LogP contribution in [0.25, 0.3) is 5.69 Å². The van der Waals surface area contributed by atoms with Crippen LogP contribution in [-0.2, 0) is 20.3 Å². The molecule has 0 bridgehead atoms. The Labute approximate surface area is 217 Å². The highest BCUT2D eigenvalue weighted by Crippen LogP contribution is 2.46. The molecule has 11 nitrogen and oxygen atoms in total. The molecule has 1 aliphatic rings. The number of ether oxygens (including phenoxy) is 2. The lowest BCUT2D eigenvalue weighted by atomic mass is 9.73. The van der Waals surface area contributed by atoms with Gasteiger partial charge in [0, 0.05) is 31.3 Å². The highest BCUT2D eigenvalue weighted by atomic mass is 35.5.